The Morgan fingerprint density at radius 2 is 2.07 bits per heavy atom. The van der Waals surface area contributed by atoms with Crippen LogP contribution in [-0.2, 0) is 4.79 Å². The fraction of sp³-hybridized carbons (Fsp3) is 0.350. The summed E-state index contributed by atoms with van der Waals surface area (Å²) in [6, 6.07) is 9.54. The minimum absolute atomic E-state index is 0.138. The lowest BCUT2D eigenvalue weighted by Gasteiger charge is -2.32. The maximum atomic E-state index is 12.4. The normalized spacial score (nSPS) is 17.1. The zero-order valence-electron chi connectivity index (χ0n) is 16.1. The number of aromatic nitrogens is 4. The van der Waals surface area contributed by atoms with Crippen LogP contribution in [0.25, 0.3) is 0 Å². The average Bonchev–Trinajstić information content (AvgIpc) is 3.13. The van der Waals surface area contributed by atoms with Gasteiger partial charge in [0.05, 0.1) is 6.54 Å². The molecule has 0 saturated carbocycles. The van der Waals surface area contributed by atoms with Gasteiger partial charge in [0.15, 0.2) is 5.82 Å². The van der Waals surface area contributed by atoms with Crippen molar-refractivity contribution in [1.29, 1.82) is 0 Å². The summed E-state index contributed by atoms with van der Waals surface area (Å²) in [5.74, 6) is 1.58. The summed E-state index contributed by atoms with van der Waals surface area (Å²) in [6.07, 6.45) is 5.24. The van der Waals surface area contributed by atoms with Crippen molar-refractivity contribution in [1.82, 2.24) is 25.2 Å². The predicted octanol–water partition coefficient (Wildman–Crippen LogP) is 2.78. The maximum Gasteiger partial charge on any atom is 0.241 e. The van der Waals surface area contributed by atoms with Gasteiger partial charge in [0.1, 0.15) is 17.1 Å². The number of aryl methyl sites for hydroxylation is 1. The van der Waals surface area contributed by atoms with E-state index in [1.165, 1.54) is 0 Å². The number of hydrogen-bond acceptors (Lipinski definition) is 8. The van der Waals surface area contributed by atoms with Gasteiger partial charge >= 0.3 is 0 Å². The van der Waals surface area contributed by atoms with E-state index in [2.05, 4.69) is 35.1 Å². The van der Waals surface area contributed by atoms with E-state index in [4.69, 9.17) is 4.74 Å². The molecule has 1 fully saturated rings. The van der Waals surface area contributed by atoms with Crippen molar-refractivity contribution in [2.45, 2.75) is 25.7 Å². The van der Waals surface area contributed by atoms with Crippen LogP contribution in [-0.4, -0.2) is 50.7 Å². The fourth-order valence-corrected chi connectivity index (χ4v) is 3.44. The van der Waals surface area contributed by atoms with Crippen molar-refractivity contribution in [3.8, 4) is 11.6 Å². The zero-order valence-corrected chi connectivity index (χ0v) is 16.1. The molecule has 1 atom stereocenters. The summed E-state index contributed by atoms with van der Waals surface area (Å²) < 4.78 is 10.6. The number of hydrogen-bond donors (Lipinski definition) is 1. The third kappa shape index (κ3) is 4.75. The minimum Gasteiger partial charge on any atom is -0.437 e. The topological polar surface area (TPSA) is 106 Å². The van der Waals surface area contributed by atoms with Crippen molar-refractivity contribution in [3.05, 3.63) is 54.1 Å². The highest BCUT2D eigenvalue weighted by molar-refractivity contribution is 5.91. The number of carbonyl (C=O) groups is 1. The zero-order chi connectivity index (χ0) is 20.1. The van der Waals surface area contributed by atoms with Gasteiger partial charge in [0, 0.05) is 24.9 Å². The molecule has 29 heavy (non-hydrogen) atoms. The first-order valence-corrected chi connectivity index (χ1v) is 9.54. The lowest BCUT2D eigenvalue weighted by atomic mass is 9.94. The fourth-order valence-electron chi connectivity index (χ4n) is 3.44. The van der Waals surface area contributed by atoms with Gasteiger partial charge in [-0.2, -0.15) is 0 Å². The number of piperidine rings is 1. The van der Waals surface area contributed by atoms with Gasteiger partial charge in [-0.05, 0) is 43.6 Å². The average molecular weight is 394 g/mol. The lowest BCUT2D eigenvalue weighted by molar-refractivity contribution is -0.117. The Balaban J connectivity index is 1.42. The number of carbonyl (C=O) groups excluding carboxylic acids is 1. The largest absolute Gasteiger partial charge is 0.437 e. The molecule has 1 aliphatic rings. The number of para-hydroxylation sites is 1. The summed E-state index contributed by atoms with van der Waals surface area (Å²) in [4.78, 5) is 23.4. The number of benzene rings is 1. The Morgan fingerprint density at radius 3 is 2.86 bits per heavy atom. The van der Waals surface area contributed by atoms with Gasteiger partial charge in [-0.1, -0.05) is 23.4 Å². The van der Waals surface area contributed by atoms with Crippen LogP contribution >= 0.6 is 0 Å². The van der Waals surface area contributed by atoms with E-state index < -0.39 is 0 Å². The molecule has 150 valence electrons. The predicted molar refractivity (Wildman–Crippen MR) is 105 cm³/mol. The summed E-state index contributed by atoms with van der Waals surface area (Å²) in [5, 5.41) is 10.1. The van der Waals surface area contributed by atoms with Crippen LogP contribution in [0.15, 0.2) is 47.4 Å². The molecule has 1 N–H and O–H groups in total. The van der Waals surface area contributed by atoms with Crippen LogP contribution in [0.5, 0.6) is 11.6 Å². The van der Waals surface area contributed by atoms with E-state index in [0.717, 1.165) is 30.8 Å². The molecule has 1 unspecified atom stereocenters. The Bertz CT molecular complexity index is 962. The lowest BCUT2D eigenvalue weighted by Crippen LogP contribution is -2.40. The van der Waals surface area contributed by atoms with Crippen molar-refractivity contribution in [2.24, 2.45) is 0 Å². The molecule has 1 amide bonds. The molecule has 0 spiro atoms. The van der Waals surface area contributed by atoms with E-state index in [9.17, 15) is 4.79 Å². The Labute approximate surface area is 168 Å². The van der Waals surface area contributed by atoms with E-state index in [1.54, 1.807) is 19.3 Å². The molecular formula is C20H22N6O3. The molecule has 3 aromatic rings. The number of rotatable bonds is 6. The number of anilines is 1. The van der Waals surface area contributed by atoms with Gasteiger partial charge in [0.2, 0.25) is 11.8 Å². The van der Waals surface area contributed by atoms with Gasteiger partial charge in [-0.3, -0.25) is 14.7 Å². The highest BCUT2D eigenvalue weighted by atomic mass is 16.6. The molecule has 1 aromatic carbocycles. The van der Waals surface area contributed by atoms with E-state index in [1.807, 2.05) is 30.3 Å². The first kappa shape index (κ1) is 19.0. The Kier molecular flexibility index (Phi) is 5.76. The molecule has 1 aliphatic heterocycles. The number of likely N-dealkylation sites (tertiary alicyclic amines) is 1. The molecule has 0 bridgehead atoms. The second-order valence-corrected chi connectivity index (χ2v) is 6.98. The number of nitrogens with one attached hydrogen (secondary N) is 1. The van der Waals surface area contributed by atoms with Crippen LogP contribution < -0.4 is 10.1 Å². The van der Waals surface area contributed by atoms with Crippen molar-refractivity contribution in [3.63, 3.8) is 0 Å². The second kappa shape index (κ2) is 8.78. The summed E-state index contributed by atoms with van der Waals surface area (Å²) >= 11 is 0. The number of amides is 1. The van der Waals surface area contributed by atoms with E-state index in [-0.39, 0.29) is 18.4 Å². The summed E-state index contributed by atoms with van der Waals surface area (Å²) in [6.45, 7) is 3.53. The molecular weight excluding hydrogens is 372 g/mol. The van der Waals surface area contributed by atoms with Gasteiger partial charge in [0.25, 0.3) is 0 Å². The number of nitrogens with zero attached hydrogens (tertiary/aromatic N) is 5. The van der Waals surface area contributed by atoms with Crippen molar-refractivity contribution in [2.75, 3.05) is 25.0 Å². The van der Waals surface area contributed by atoms with Crippen LogP contribution in [0.4, 0.5) is 5.82 Å². The van der Waals surface area contributed by atoms with Gasteiger partial charge in [-0.25, -0.2) is 9.61 Å². The van der Waals surface area contributed by atoms with E-state index in [0.29, 0.717) is 23.9 Å². The summed E-state index contributed by atoms with van der Waals surface area (Å²) in [7, 11) is 0. The third-order valence-electron chi connectivity index (χ3n) is 4.82. The SMILES string of the molecule is Cc1nonc1NC(=O)CN1CCCC(c2nccnc2Oc2ccccc2)C1. The Morgan fingerprint density at radius 1 is 1.24 bits per heavy atom. The van der Waals surface area contributed by atoms with Crippen molar-refractivity contribution >= 4 is 11.7 Å². The monoisotopic (exact) mass is 394 g/mol. The minimum atomic E-state index is -0.149. The smallest absolute Gasteiger partial charge is 0.241 e. The van der Waals surface area contributed by atoms with Gasteiger partial charge in [-0.15, -0.1) is 0 Å². The summed E-state index contributed by atoms with van der Waals surface area (Å²) in [5.41, 5.74) is 1.37. The van der Waals surface area contributed by atoms with Crippen LogP contribution in [0.1, 0.15) is 30.1 Å². The molecule has 2 aromatic heterocycles. The molecule has 3 heterocycles. The number of ether oxygens (including phenoxy) is 1. The quantitative estimate of drug-likeness (QED) is 0.680. The second-order valence-electron chi connectivity index (χ2n) is 6.98. The molecule has 9 heteroatoms. The van der Waals surface area contributed by atoms with Crippen LogP contribution in [0.3, 0.4) is 0 Å². The molecule has 0 aliphatic carbocycles. The Hall–Kier alpha value is -3.33. The molecule has 1 saturated heterocycles. The third-order valence-corrected chi connectivity index (χ3v) is 4.82. The highest BCUT2D eigenvalue weighted by Gasteiger charge is 2.27. The molecule has 0 radical (unpaired) electrons. The standard InChI is InChI=1S/C20H22N6O3/c1-14-19(25-29-24-14)23-17(27)13-26-11-5-6-15(12-26)18-20(22-10-9-21-18)28-16-7-3-2-4-8-16/h2-4,7-10,15H,5-6,11-13H2,1H3,(H,23,25,27). The first-order chi connectivity index (χ1) is 14.2. The van der Waals surface area contributed by atoms with E-state index >= 15 is 0 Å². The van der Waals surface area contributed by atoms with Crippen LogP contribution in [0, 0.1) is 6.92 Å². The maximum absolute atomic E-state index is 12.4. The molecule has 4 rings (SSSR count). The van der Waals surface area contributed by atoms with Crippen LogP contribution in [0.2, 0.25) is 0 Å². The van der Waals surface area contributed by atoms with Crippen molar-refractivity contribution < 1.29 is 14.2 Å². The molecule has 9 nitrogen and oxygen atoms in total. The first-order valence-electron chi connectivity index (χ1n) is 9.54. The highest BCUT2D eigenvalue weighted by Crippen LogP contribution is 2.32. The van der Waals surface area contributed by atoms with Gasteiger partial charge < -0.3 is 10.1 Å².